The third-order valence-corrected chi connectivity index (χ3v) is 1.33. The highest BCUT2D eigenvalue weighted by Gasteiger charge is 1.86. The molecule has 0 radical (unpaired) electrons. The van der Waals surface area contributed by atoms with Gasteiger partial charge in [-0.1, -0.05) is 0 Å². The van der Waals surface area contributed by atoms with Crippen LogP contribution in [-0.2, 0) is 8.53 Å². The molecule has 0 aromatic carbocycles. The van der Waals surface area contributed by atoms with Gasteiger partial charge in [0.25, 0.3) is 0 Å². The lowest BCUT2D eigenvalue weighted by atomic mass is 10.8. The van der Waals surface area contributed by atoms with E-state index in [1.807, 2.05) is 6.92 Å². The van der Waals surface area contributed by atoms with E-state index in [-0.39, 0.29) is 9.14 Å². The van der Waals surface area contributed by atoms with E-state index in [4.69, 9.17) is 8.53 Å². The molecule has 0 heterocycles. The maximum absolute atomic E-state index is 4.82. The third-order valence-electron chi connectivity index (χ3n) is 0.664. The van der Waals surface area contributed by atoms with Gasteiger partial charge in [0.2, 0.25) is 0 Å². The Morgan fingerprint density at radius 3 is 2.33 bits per heavy atom. The Labute approximate surface area is 49.2 Å². The molecule has 3 heteroatoms. The lowest BCUT2D eigenvalue weighted by Gasteiger charge is -2.05. The lowest BCUT2D eigenvalue weighted by Crippen LogP contribution is -2.06. The predicted molar refractivity (Wildman–Crippen MR) is 30.3 cm³/mol. The van der Waals surface area contributed by atoms with E-state index in [0.717, 1.165) is 16.6 Å². The van der Waals surface area contributed by atoms with E-state index in [1.54, 1.807) is 7.11 Å². The summed E-state index contributed by atoms with van der Waals surface area (Å²) in [6.45, 7) is 1.87. The van der Waals surface area contributed by atoms with Crippen LogP contribution >= 0.6 is 0 Å². The molecule has 0 N–H and O–H groups in total. The van der Waals surface area contributed by atoms with Gasteiger partial charge >= 0.3 is 16.6 Å². The zero-order chi connectivity index (χ0) is 4.99. The number of hydrogen-bond donors (Lipinski definition) is 0. The average molecular weight is 108 g/mol. The summed E-state index contributed by atoms with van der Waals surface area (Å²) in [7, 11) is 1.63. The van der Waals surface area contributed by atoms with Crippen molar-refractivity contribution in [2.45, 2.75) is 13.2 Å². The fourth-order valence-electron chi connectivity index (χ4n) is 0.0962. The van der Waals surface area contributed by atoms with Crippen LogP contribution in [0.15, 0.2) is 0 Å². The molecule has 6 heavy (non-hydrogen) atoms. The molecule has 0 saturated heterocycles. The summed E-state index contributed by atoms with van der Waals surface area (Å²) >= 11 is 0.757. The average Bonchev–Trinajstić information content (AvgIpc) is 1.65. The molecule has 0 saturated carbocycles. The molecule has 40 valence electrons. The Balaban J connectivity index is -0.000000125. The van der Waals surface area contributed by atoms with Crippen LogP contribution in [0.3, 0.4) is 0 Å². The second-order valence-electron chi connectivity index (χ2n) is 1.04. The van der Waals surface area contributed by atoms with E-state index < -0.39 is 0 Å². The van der Waals surface area contributed by atoms with Gasteiger partial charge < -0.3 is 8.53 Å². The van der Waals surface area contributed by atoms with Gasteiger partial charge in [0, 0.05) is 9.96 Å². The van der Waals surface area contributed by atoms with Gasteiger partial charge in [-0.15, -0.1) is 0 Å². The SMILES string of the molecule is COC(C)[O][AlH2].[HH].[HH]. The Kier molecular flexibility index (Phi) is 3.91. The monoisotopic (exact) mass is 108 g/mol. The second-order valence-corrected chi connectivity index (χ2v) is 1.51. The first-order chi connectivity index (χ1) is 2.81. The lowest BCUT2D eigenvalue weighted by molar-refractivity contribution is -0.0334. The highest BCUT2D eigenvalue weighted by atomic mass is 27.1. The van der Waals surface area contributed by atoms with E-state index in [1.165, 1.54) is 0 Å². The highest BCUT2D eigenvalue weighted by Crippen LogP contribution is 1.82. The molecule has 0 fully saturated rings. The Hall–Kier alpha value is 0.452. The molecule has 1 unspecified atom stereocenters. The van der Waals surface area contributed by atoms with Crippen molar-refractivity contribution in [3.8, 4) is 0 Å². The van der Waals surface area contributed by atoms with Crippen molar-refractivity contribution in [3.63, 3.8) is 0 Å². The van der Waals surface area contributed by atoms with Crippen LogP contribution in [0, 0.1) is 0 Å². The topological polar surface area (TPSA) is 18.5 Å². The number of hydrogen-bond acceptors (Lipinski definition) is 2. The van der Waals surface area contributed by atoms with Crippen LogP contribution < -0.4 is 0 Å². The van der Waals surface area contributed by atoms with Crippen LogP contribution in [0.5, 0.6) is 0 Å². The maximum atomic E-state index is 4.82. The summed E-state index contributed by atoms with van der Waals surface area (Å²) in [6, 6.07) is 0. The fourth-order valence-corrected chi connectivity index (χ4v) is 0.289. The van der Waals surface area contributed by atoms with Gasteiger partial charge in [0.1, 0.15) is 6.29 Å². The second kappa shape index (κ2) is 3.64. The van der Waals surface area contributed by atoms with Gasteiger partial charge in [-0.25, -0.2) is 0 Å². The normalized spacial score (nSPS) is 14.3. The molecule has 0 aliphatic carbocycles. The van der Waals surface area contributed by atoms with Gasteiger partial charge in [0.15, 0.2) is 0 Å². The predicted octanol–water partition coefficient (Wildman–Crippen LogP) is 0.0355. The van der Waals surface area contributed by atoms with Crippen molar-refractivity contribution in [1.29, 1.82) is 0 Å². The third kappa shape index (κ3) is 2.68. The van der Waals surface area contributed by atoms with Crippen molar-refractivity contribution < 1.29 is 11.4 Å². The van der Waals surface area contributed by atoms with Crippen LogP contribution in [0.25, 0.3) is 0 Å². The summed E-state index contributed by atoms with van der Waals surface area (Å²) < 4.78 is 9.53. The largest absolute Gasteiger partial charge is 0.484 e. The zero-order valence-corrected chi connectivity index (χ0v) is 6.39. The van der Waals surface area contributed by atoms with Gasteiger partial charge in [0.05, 0.1) is 0 Å². The summed E-state index contributed by atoms with van der Waals surface area (Å²) in [4.78, 5) is 0. The van der Waals surface area contributed by atoms with Crippen LogP contribution in [-0.4, -0.2) is 30.0 Å². The van der Waals surface area contributed by atoms with Crippen molar-refractivity contribution in [3.05, 3.63) is 0 Å². The fraction of sp³-hybridized carbons (Fsp3) is 1.00. The van der Waals surface area contributed by atoms with Gasteiger partial charge in [-0.2, -0.15) is 0 Å². The molecule has 2 nitrogen and oxygen atoms in total. The first kappa shape index (κ1) is 6.45. The first-order valence-corrected chi connectivity index (χ1v) is 2.68. The van der Waals surface area contributed by atoms with E-state index >= 15 is 0 Å². The molecule has 0 rings (SSSR count). The minimum atomic E-state index is -0.00309. The maximum Gasteiger partial charge on any atom is 0.413 e. The number of ether oxygens (including phenoxy) is 1. The highest BCUT2D eigenvalue weighted by molar-refractivity contribution is 5.98. The molecule has 0 amide bonds. The molecule has 0 aliphatic heterocycles. The van der Waals surface area contributed by atoms with Crippen LogP contribution in [0.4, 0.5) is 0 Å². The van der Waals surface area contributed by atoms with E-state index in [2.05, 4.69) is 0 Å². The standard InChI is InChI=1S/C3H7O2.Al.2H2.2H/c1-3(4)5-2;;;;;/h3H,1-2H3;;2*1H;;/q-1;+1;;;;. The molecule has 0 aliphatic rings. The Morgan fingerprint density at radius 2 is 2.33 bits per heavy atom. The van der Waals surface area contributed by atoms with Crippen molar-refractivity contribution in [1.82, 2.24) is 0 Å². The van der Waals surface area contributed by atoms with Crippen LogP contribution in [0.2, 0.25) is 0 Å². The quantitative estimate of drug-likeness (QED) is 0.367. The molecule has 0 aromatic rings. The first-order valence-electron chi connectivity index (χ1n) is 1.87. The molecular formula is C3H13AlO2. The summed E-state index contributed by atoms with van der Waals surface area (Å²) in [5.74, 6) is 0. The molecule has 1 atom stereocenters. The number of rotatable bonds is 2. The van der Waals surface area contributed by atoms with Crippen LogP contribution in [0.1, 0.15) is 9.78 Å². The van der Waals surface area contributed by atoms with Crippen molar-refractivity contribution >= 4 is 16.6 Å². The Bertz CT molecular complexity index is 34.5. The summed E-state index contributed by atoms with van der Waals surface area (Å²) in [6.07, 6.45) is -0.00309. The number of methoxy groups -OCH3 is 1. The minimum Gasteiger partial charge on any atom is -0.484 e. The summed E-state index contributed by atoms with van der Waals surface area (Å²) in [5.41, 5.74) is 0. The van der Waals surface area contributed by atoms with Crippen molar-refractivity contribution in [2.24, 2.45) is 0 Å². The van der Waals surface area contributed by atoms with Crippen molar-refractivity contribution in [2.75, 3.05) is 7.11 Å². The van der Waals surface area contributed by atoms with E-state index in [9.17, 15) is 0 Å². The molecule has 0 spiro atoms. The van der Waals surface area contributed by atoms with E-state index in [0.29, 0.717) is 0 Å². The van der Waals surface area contributed by atoms with Gasteiger partial charge in [-0.3, -0.25) is 0 Å². The van der Waals surface area contributed by atoms with Gasteiger partial charge in [-0.05, 0) is 6.92 Å². The summed E-state index contributed by atoms with van der Waals surface area (Å²) in [5, 5.41) is 0. The molecule has 0 bridgehead atoms. The molecule has 0 aromatic heterocycles. The molecular weight excluding hydrogens is 95.0 g/mol. The Morgan fingerprint density at radius 1 is 1.83 bits per heavy atom. The zero-order valence-electron chi connectivity index (χ0n) is 4.39. The smallest absolute Gasteiger partial charge is 0.413 e. The minimum absolute atomic E-state index is 0.